The Hall–Kier alpha value is -1.08. The zero-order chi connectivity index (χ0) is 15.8. The third kappa shape index (κ3) is 5.61. The molecule has 0 amide bonds. The first kappa shape index (κ1) is 17.3. The molecule has 0 aliphatic rings. The fraction of sp³-hybridized carbons (Fsp3) is 0.471. The van der Waals surface area contributed by atoms with Crippen LogP contribution in [-0.4, -0.2) is 17.2 Å². The first-order chi connectivity index (χ1) is 10.7. The van der Waals surface area contributed by atoms with E-state index in [1.54, 1.807) is 13.3 Å². The van der Waals surface area contributed by atoms with Gasteiger partial charge in [0.25, 0.3) is 0 Å². The summed E-state index contributed by atoms with van der Waals surface area (Å²) in [6.07, 6.45) is 7.23. The molecular weight excluding hydrogens is 393 g/mol. The number of aliphatic hydroxyl groups excluding tert-OH is 1. The number of ether oxygens (including phenoxy) is 1. The molecule has 0 radical (unpaired) electrons. The number of benzene rings is 1. The number of nitrogens with zero attached hydrogens (tertiary/aromatic N) is 1. The van der Waals surface area contributed by atoms with Crippen molar-refractivity contribution in [2.24, 2.45) is 0 Å². The second-order valence-corrected chi connectivity index (χ2v) is 6.39. The molecule has 2 aromatic rings. The molecule has 1 aromatic carbocycles. The van der Waals surface area contributed by atoms with Crippen molar-refractivity contribution in [2.45, 2.75) is 44.6 Å². The Morgan fingerprint density at radius 2 is 2.09 bits per heavy atom. The first-order valence-electron chi connectivity index (χ1n) is 7.61. The van der Waals surface area contributed by atoms with Gasteiger partial charge in [0.15, 0.2) is 3.77 Å². The summed E-state index contributed by atoms with van der Waals surface area (Å²) in [6.45, 7) is 0. The van der Waals surface area contributed by atoms with Gasteiger partial charge in [0, 0.05) is 22.6 Å². The Balaban J connectivity index is 1.59. The normalized spacial score (nSPS) is 12.3. The summed E-state index contributed by atoms with van der Waals surface area (Å²) in [5.41, 5.74) is 1.31. The van der Waals surface area contributed by atoms with Crippen LogP contribution >= 0.6 is 22.6 Å². The maximum absolute atomic E-state index is 9.95. The molecule has 0 fully saturated rings. The van der Waals surface area contributed by atoms with E-state index in [0.29, 0.717) is 16.1 Å². The van der Waals surface area contributed by atoms with Crippen LogP contribution in [0.5, 0.6) is 5.75 Å². The summed E-state index contributed by atoms with van der Waals surface area (Å²) in [5, 5.41) is 9.95. The van der Waals surface area contributed by atoms with Gasteiger partial charge in [-0.05, 0) is 37.0 Å². The monoisotopic (exact) mass is 415 g/mol. The molecule has 0 aliphatic carbocycles. The van der Waals surface area contributed by atoms with Crippen LogP contribution in [0.1, 0.15) is 49.7 Å². The number of hydrogen-bond acceptors (Lipinski definition) is 4. The van der Waals surface area contributed by atoms with E-state index in [1.807, 2.05) is 12.1 Å². The molecule has 0 bridgehead atoms. The predicted molar refractivity (Wildman–Crippen MR) is 94.0 cm³/mol. The van der Waals surface area contributed by atoms with Gasteiger partial charge in [-0.25, -0.2) is 4.98 Å². The summed E-state index contributed by atoms with van der Waals surface area (Å²) < 4.78 is 11.3. The Morgan fingerprint density at radius 3 is 2.82 bits per heavy atom. The first-order valence-corrected chi connectivity index (χ1v) is 8.69. The highest BCUT2D eigenvalue weighted by molar-refractivity contribution is 14.1. The molecule has 1 atom stereocenters. The highest BCUT2D eigenvalue weighted by Crippen LogP contribution is 2.21. The summed E-state index contributed by atoms with van der Waals surface area (Å²) in [4.78, 5) is 4.05. The van der Waals surface area contributed by atoms with E-state index in [2.05, 4.69) is 39.7 Å². The molecule has 0 saturated heterocycles. The molecular formula is C17H22INO3. The summed E-state index contributed by atoms with van der Waals surface area (Å²) in [5.74, 6) is 1.35. The van der Waals surface area contributed by atoms with Crippen LogP contribution in [-0.2, 0) is 6.42 Å². The Kier molecular flexibility index (Phi) is 7.18. The molecule has 0 aliphatic heterocycles. The highest BCUT2D eigenvalue weighted by Gasteiger charge is 2.12. The molecule has 1 aromatic heterocycles. The fourth-order valence-corrected chi connectivity index (χ4v) is 2.76. The number of hydrogen-bond donors (Lipinski definition) is 1. The number of aryl methyl sites for hydroxylation is 1. The zero-order valence-corrected chi connectivity index (χ0v) is 15.0. The minimum atomic E-state index is -0.582. The van der Waals surface area contributed by atoms with Gasteiger partial charge in [-0.15, -0.1) is 0 Å². The smallest absolute Gasteiger partial charge is 0.224 e. The lowest BCUT2D eigenvalue weighted by atomic mass is 10.0. The zero-order valence-electron chi connectivity index (χ0n) is 12.8. The molecule has 22 heavy (non-hydrogen) atoms. The highest BCUT2D eigenvalue weighted by atomic mass is 127. The number of rotatable bonds is 9. The molecule has 120 valence electrons. The number of aliphatic hydroxyl groups is 1. The van der Waals surface area contributed by atoms with Crippen LogP contribution in [0.15, 0.2) is 34.9 Å². The molecule has 4 nitrogen and oxygen atoms in total. The van der Waals surface area contributed by atoms with Gasteiger partial charge >= 0.3 is 0 Å². The average molecular weight is 415 g/mol. The van der Waals surface area contributed by atoms with E-state index in [1.165, 1.54) is 5.56 Å². The number of oxazole rings is 1. The van der Waals surface area contributed by atoms with Crippen LogP contribution in [0.4, 0.5) is 0 Å². The standard InChI is InChI=1S/C17H22INO3/c1-21-14-9-6-8-13(11-14)7-4-2-3-5-10-15(20)17-19-12-16(18)22-17/h6,8-9,11-12,15,20H,2-5,7,10H2,1H3. The maximum atomic E-state index is 9.95. The summed E-state index contributed by atoms with van der Waals surface area (Å²) in [6, 6.07) is 8.22. The van der Waals surface area contributed by atoms with Crippen LogP contribution in [0, 0.1) is 3.77 Å². The van der Waals surface area contributed by atoms with E-state index in [4.69, 9.17) is 9.15 Å². The lowest BCUT2D eigenvalue weighted by Gasteiger charge is -2.07. The second kappa shape index (κ2) is 9.15. The number of unbranched alkanes of at least 4 members (excludes halogenated alkanes) is 3. The van der Waals surface area contributed by atoms with Gasteiger partial charge in [-0.1, -0.05) is 31.4 Å². The average Bonchev–Trinajstić information content (AvgIpc) is 2.97. The van der Waals surface area contributed by atoms with Crippen molar-refractivity contribution >= 4 is 22.6 Å². The molecule has 1 N–H and O–H groups in total. The number of halogens is 1. The van der Waals surface area contributed by atoms with Gasteiger partial charge in [0.1, 0.15) is 11.9 Å². The predicted octanol–water partition coefficient (Wildman–Crippen LogP) is 4.51. The van der Waals surface area contributed by atoms with Crippen LogP contribution in [0.3, 0.4) is 0 Å². The minimum Gasteiger partial charge on any atom is -0.497 e. The maximum Gasteiger partial charge on any atom is 0.224 e. The summed E-state index contributed by atoms with van der Waals surface area (Å²) in [7, 11) is 1.69. The van der Waals surface area contributed by atoms with Gasteiger partial charge in [-0.3, -0.25) is 0 Å². The fourth-order valence-electron chi connectivity index (χ4n) is 2.39. The lowest BCUT2D eigenvalue weighted by molar-refractivity contribution is 0.129. The minimum absolute atomic E-state index is 0.431. The molecule has 2 rings (SSSR count). The van der Waals surface area contributed by atoms with Gasteiger partial charge in [-0.2, -0.15) is 0 Å². The van der Waals surface area contributed by atoms with Gasteiger partial charge in [0.2, 0.25) is 5.89 Å². The van der Waals surface area contributed by atoms with Crippen molar-refractivity contribution in [2.75, 3.05) is 7.11 Å². The van der Waals surface area contributed by atoms with E-state index < -0.39 is 6.10 Å². The van der Waals surface area contributed by atoms with E-state index >= 15 is 0 Å². The molecule has 1 heterocycles. The van der Waals surface area contributed by atoms with Crippen molar-refractivity contribution in [3.63, 3.8) is 0 Å². The third-order valence-corrected chi connectivity index (χ3v) is 4.11. The van der Waals surface area contributed by atoms with E-state index in [-0.39, 0.29) is 0 Å². The SMILES string of the molecule is COc1cccc(CCCCCCC(O)c2ncc(I)o2)c1. The number of methoxy groups -OCH3 is 1. The Morgan fingerprint density at radius 1 is 1.27 bits per heavy atom. The van der Waals surface area contributed by atoms with Crippen molar-refractivity contribution < 1.29 is 14.3 Å². The third-order valence-electron chi connectivity index (χ3n) is 3.61. The largest absolute Gasteiger partial charge is 0.497 e. The molecule has 5 heteroatoms. The van der Waals surface area contributed by atoms with Crippen molar-refractivity contribution in [3.8, 4) is 5.75 Å². The van der Waals surface area contributed by atoms with Crippen molar-refractivity contribution in [1.82, 2.24) is 4.98 Å². The molecule has 0 spiro atoms. The van der Waals surface area contributed by atoms with Crippen LogP contribution < -0.4 is 4.74 Å². The number of aromatic nitrogens is 1. The Bertz CT molecular complexity index is 571. The van der Waals surface area contributed by atoms with E-state index in [9.17, 15) is 5.11 Å². The quantitative estimate of drug-likeness (QED) is 0.484. The van der Waals surface area contributed by atoms with Gasteiger partial charge < -0.3 is 14.3 Å². The van der Waals surface area contributed by atoms with Crippen LogP contribution in [0.2, 0.25) is 0 Å². The lowest BCUT2D eigenvalue weighted by Crippen LogP contribution is -1.97. The second-order valence-electron chi connectivity index (χ2n) is 5.32. The van der Waals surface area contributed by atoms with Crippen molar-refractivity contribution in [1.29, 1.82) is 0 Å². The van der Waals surface area contributed by atoms with Gasteiger partial charge in [0.05, 0.1) is 13.3 Å². The van der Waals surface area contributed by atoms with Crippen molar-refractivity contribution in [3.05, 3.63) is 45.7 Å². The molecule has 0 saturated carbocycles. The Labute approximate surface area is 145 Å². The topological polar surface area (TPSA) is 55.5 Å². The van der Waals surface area contributed by atoms with Crippen LogP contribution in [0.25, 0.3) is 0 Å². The van der Waals surface area contributed by atoms with E-state index in [0.717, 1.165) is 37.9 Å². The molecule has 1 unspecified atom stereocenters. The summed E-state index contributed by atoms with van der Waals surface area (Å²) >= 11 is 2.05.